The van der Waals surface area contributed by atoms with E-state index in [0.717, 1.165) is 24.8 Å². The first-order chi connectivity index (χ1) is 14.9. The van der Waals surface area contributed by atoms with Crippen LogP contribution in [0.15, 0.2) is 48.5 Å². The first-order valence-electron chi connectivity index (χ1n) is 10.6. The highest BCUT2D eigenvalue weighted by atomic mass is 35.5. The number of halogens is 3. The van der Waals surface area contributed by atoms with Crippen LogP contribution in [0.2, 0.25) is 10.0 Å². The molecule has 2 aromatic rings. The van der Waals surface area contributed by atoms with E-state index >= 15 is 0 Å². The van der Waals surface area contributed by atoms with E-state index in [0.29, 0.717) is 21.5 Å². The molecule has 31 heavy (non-hydrogen) atoms. The maximum atomic E-state index is 13.6. The number of hydrogen-bond acceptors (Lipinski definition) is 2. The quantitative estimate of drug-likeness (QED) is 0.493. The highest BCUT2D eigenvalue weighted by Crippen LogP contribution is 2.32. The molecule has 4 nitrogen and oxygen atoms in total. The average Bonchev–Trinajstić information content (AvgIpc) is 2.77. The lowest BCUT2D eigenvalue weighted by Crippen LogP contribution is -2.49. The van der Waals surface area contributed by atoms with Crippen LogP contribution < -0.4 is 5.32 Å². The third-order valence-corrected chi connectivity index (χ3v) is 6.87. The number of nitrogens with zero attached hydrogens (tertiary/aromatic N) is 1. The minimum atomic E-state index is -0.912. The molecule has 1 saturated carbocycles. The van der Waals surface area contributed by atoms with Crippen molar-refractivity contribution in [2.45, 2.75) is 51.2 Å². The van der Waals surface area contributed by atoms with Gasteiger partial charge in [-0.15, -0.1) is 11.6 Å². The molecule has 1 fully saturated rings. The van der Waals surface area contributed by atoms with Crippen LogP contribution in [-0.2, 0) is 16.1 Å². The maximum absolute atomic E-state index is 13.6. The molecule has 0 bridgehead atoms. The zero-order valence-corrected chi connectivity index (χ0v) is 19.8. The van der Waals surface area contributed by atoms with Gasteiger partial charge >= 0.3 is 0 Å². The summed E-state index contributed by atoms with van der Waals surface area (Å²) < 4.78 is 0. The monoisotopic (exact) mass is 480 g/mol. The molecule has 0 saturated heterocycles. The molecule has 1 aliphatic rings. The van der Waals surface area contributed by atoms with Crippen molar-refractivity contribution in [1.29, 1.82) is 0 Å². The molecule has 0 aromatic heterocycles. The zero-order chi connectivity index (χ0) is 22.4. The first kappa shape index (κ1) is 23.9. The average molecular weight is 482 g/mol. The largest absolute Gasteiger partial charge is 0.351 e. The van der Waals surface area contributed by atoms with Crippen molar-refractivity contribution < 1.29 is 9.59 Å². The fourth-order valence-electron chi connectivity index (χ4n) is 4.15. The number of amides is 2. The van der Waals surface area contributed by atoms with Crippen LogP contribution in [0.25, 0.3) is 0 Å². The molecule has 3 rings (SSSR count). The Kier molecular flexibility index (Phi) is 8.65. The van der Waals surface area contributed by atoms with Crippen molar-refractivity contribution in [3.05, 3.63) is 69.7 Å². The smallest absolute Gasteiger partial charge is 0.247 e. The van der Waals surface area contributed by atoms with Crippen LogP contribution in [0.1, 0.15) is 49.8 Å². The third kappa shape index (κ3) is 5.94. The second kappa shape index (κ2) is 11.2. The van der Waals surface area contributed by atoms with Crippen molar-refractivity contribution in [1.82, 2.24) is 10.2 Å². The van der Waals surface area contributed by atoms with Crippen LogP contribution in [-0.4, -0.2) is 28.6 Å². The Morgan fingerprint density at radius 1 is 1.03 bits per heavy atom. The number of rotatable bonds is 7. The van der Waals surface area contributed by atoms with Crippen molar-refractivity contribution in [3.63, 3.8) is 0 Å². The summed E-state index contributed by atoms with van der Waals surface area (Å²) in [5.74, 6) is -0.487. The van der Waals surface area contributed by atoms with E-state index in [9.17, 15) is 9.59 Å². The van der Waals surface area contributed by atoms with Gasteiger partial charge in [0.2, 0.25) is 11.8 Å². The normalized spacial score (nSPS) is 19.5. The molecule has 3 atom stereocenters. The lowest BCUT2D eigenvalue weighted by Gasteiger charge is -2.35. The second-order valence-electron chi connectivity index (χ2n) is 8.05. The van der Waals surface area contributed by atoms with Gasteiger partial charge in [0, 0.05) is 28.2 Å². The Morgan fingerprint density at radius 2 is 1.68 bits per heavy atom. The van der Waals surface area contributed by atoms with Crippen molar-refractivity contribution in [2.75, 3.05) is 5.88 Å². The summed E-state index contributed by atoms with van der Waals surface area (Å²) in [6.07, 6.45) is 4.25. The number of alkyl halides is 1. The van der Waals surface area contributed by atoms with Crippen molar-refractivity contribution in [2.24, 2.45) is 5.92 Å². The first-order valence-corrected chi connectivity index (χ1v) is 11.8. The molecule has 1 N–H and O–H groups in total. The standard InChI is InChI=1S/C24H27Cl3N2O2/c1-16-8-2-7-13-21(16)28-24(31)23(18-10-4-6-12-20(18)27)29(22(30)14-25)15-17-9-3-5-11-19(17)26/h3-6,9-12,16,21,23H,2,7-8,13-15H2,1H3,(H,28,31)/t16-,21+,23+/m1/s1. The Balaban J connectivity index is 1.99. The van der Waals surface area contributed by atoms with E-state index in [1.165, 1.54) is 11.3 Å². The van der Waals surface area contributed by atoms with Gasteiger partial charge in [0.15, 0.2) is 0 Å². The van der Waals surface area contributed by atoms with E-state index < -0.39 is 6.04 Å². The van der Waals surface area contributed by atoms with Gasteiger partial charge < -0.3 is 10.2 Å². The molecule has 0 unspecified atom stereocenters. The minimum absolute atomic E-state index is 0.0690. The topological polar surface area (TPSA) is 49.4 Å². The molecule has 2 amide bonds. The van der Waals surface area contributed by atoms with E-state index in [-0.39, 0.29) is 30.3 Å². The van der Waals surface area contributed by atoms with Crippen molar-refractivity contribution >= 4 is 46.6 Å². The van der Waals surface area contributed by atoms with Crippen LogP contribution >= 0.6 is 34.8 Å². The Hall–Kier alpha value is -1.75. The molecule has 166 valence electrons. The van der Waals surface area contributed by atoms with Crippen LogP contribution in [0.5, 0.6) is 0 Å². The van der Waals surface area contributed by atoms with Crippen LogP contribution in [0.4, 0.5) is 0 Å². The Bertz CT molecular complexity index is 921. The van der Waals surface area contributed by atoms with E-state index in [2.05, 4.69) is 12.2 Å². The molecule has 7 heteroatoms. The molecular weight excluding hydrogens is 455 g/mol. The number of hydrogen-bond donors (Lipinski definition) is 1. The van der Waals surface area contributed by atoms with Crippen LogP contribution in [0.3, 0.4) is 0 Å². The van der Waals surface area contributed by atoms with E-state index in [1.807, 2.05) is 24.3 Å². The highest BCUT2D eigenvalue weighted by Gasteiger charge is 2.35. The number of nitrogens with one attached hydrogen (secondary N) is 1. The summed E-state index contributed by atoms with van der Waals surface area (Å²) in [5.41, 5.74) is 1.30. The van der Waals surface area contributed by atoms with Crippen molar-refractivity contribution in [3.8, 4) is 0 Å². The highest BCUT2D eigenvalue weighted by molar-refractivity contribution is 6.32. The molecule has 0 heterocycles. The predicted molar refractivity (Wildman–Crippen MR) is 126 cm³/mol. The van der Waals surface area contributed by atoms with Gasteiger partial charge in [-0.1, -0.05) is 79.4 Å². The van der Waals surface area contributed by atoms with E-state index in [4.69, 9.17) is 34.8 Å². The summed E-state index contributed by atoms with van der Waals surface area (Å²) in [6, 6.07) is 13.5. The molecule has 1 aliphatic carbocycles. The van der Waals surface area contributed by atoms with Gasteiger partial charge in [0.05, 0.1) is 0 Å². The Labute approximate surface area is 198 Å². The number of carbonyl (C=O) groups excluding carboxylic acids is 2. The summed E-state index contributed by atoms with van der Waals surface area (Å²) >= 11 is 18.8. The van der Waals surface area contributed by atoms with Gasteiger partial charge in [-0.25, -0.2) is 0 Å². The predicted octanol–water partition coefficient (Wildman–Crippen LogP) is 6.00. The van der Waals surface area contributed by atoms with Gasteiger partial charge in [-0.2, -0.15) is 0 Å². The zero-order valence-electron chi connectivity index (χ0n) is 17.5. The van der Waals surface area contributed by atoms with E-state index in [1.54, 1.807) is 24.3 Å². The lowest BCUT2D eigenvalue weighted by molar-refractivity contribution is -0.140. The van der Waals surface area contributed by atoms with Gasteiger partial charge in [-0.3, -0.25) is 9.59 Å². The number of carbonyl (C=O) groups is 2. The lowest BCUT2D eigenvalue weighted by atomic mass is 9.85. The minimum Gasteiger partial charge on any atom is -0.351 e. The summed E-state index contributed by atoms with van der Waals surface area (Å²) in [7, 11) is 0. The summed E-state index contributed by atoms with van der Waals surface area (Å²) in [6.45, 7) is 2.30. The number of benzene rings is 2. The molecule has 2 aromatic carbocycles. The van der Waals surface area contributed by atoms with Gasteiger partial charge in [-0.05, 0) is 36.5 Å². The molecular formula is C24H27Cl3N2O2. The van der Waals surface area contributed by atoms with Gasteiger partial charge in [0.25, 0.3) is 0 Å². The maximum Gasteiger partial charge on any atom is 0.247 e. The van der Waals surface area contributed by atoms with Gasteiger partial charge in [0.1, 0.15) is 11.9 Å². The Morgan fingerprint density at radius 3 is 2.32 bits per heavy atom. The fourth-order valence-corrected chi connectivity index (χ4v) is 4.74. The third-order valence-electron chi connectivity index (χ3n) is 5.93. The molecule has 0 radical (unpaired) electrons. The molecule has 0 spiro atoms. The fraction of sp³-hybridized carbons (Fsp3) is 0.417. The summed E-state index contributed by atoms with van der Waals surface area (Å²) in [5, 5.41) is 4.13. The summed E-state index contributed by atoms with van der Waals surface area (Å²) in [4.78, 5) is 28.0. The second-order valence-corrected chi connectivity index (χ2v) is 9.13. The van der Waals surface area contributed by atoms with Crippen LogP contribution in [0, 0.1) is 5.92 Å². The molecule has 0 aliphatic heterocycles. The SMILES string of the molecule is C[C@@H]1CCCC[C@@H]1NC(=O)[C@H](c1ccccc1Cl)N(Cc1ccccc1Cl)C(=O)CCl.